The first-order chi connectivity index (χ1) is 19.8. The van der Waals surface area contributed by atoms with Crippen LogP contribution >= 0.6 is 11.3 Å². The number of hydrogen-bond donors (Lipinski definition) is 1. The highest BCUT2D eigenvalue weighted by Crippen LogP contribution is 2.34. The molecule has 210 valence electrons. The lowest BCUT2D eigenvalue weighted by Crippen LogP contribution is -2.29. The second-order valence-electron chi connectivity index (χ2n) is 10.1. The second-order valence-corrected chi connectivity index (χ2v) is 11.1. The normalized spacial score (nSPS) is 13.3. The van der Waals surface area contributed by atoms with Crippen LogP contribution in [0.5, 0.6) is 5.75 Å². The Labute approximate surface area is 238 Å². The van der Waals surface area contributed by atoms with Crippen LogP contribution in [-0.2, 0) is 29.1 Å². The molecule has 0 radical (unpaired) electrons. The third-order valence-corrected chi connectivity index (χ3v) is 8.20. The minimum Gasteiger partial charge on any atom is -0.481 e. The molecule has 4 heterocycles. The van der Waals surface area contributed by atoms with Crippen LogP contribution in [0.1, 0.15) is 27.3 Å². The molecule has 0 saturated carbocycles. The van der Waals surface area contributed by atoms with E-state index < -0.39 is 5.97 Å². The molecule has 1 aliphatic heterocycles. The highest BCUT2D eigenvalue weighted by Gasteiger charge is 2.24. The summed E-state index contributed by atoms with van der Waals surface area (Å²) in [5, 5.41) is 16.5. The molecule has 0 spiro atoms. The van der Waals surface area contributed by atoms with Gasteiger partial charge >= 0.3 is 5.97 Å². The number of fused-ring (bicyclic) bond motifs is 3. The maximum Gasteiger partial charge on any atom is 0.344 e. The zero-order chi connectivity index (χ0) is 28.7. The van der Waals surface area contributed by atoms with E-state index in [0.717, 1.165) is 46.6 Å². The van der Waals surface area contributed by atoms with Gasteiger partial charge in [-0.3, -0.25) is 9.42 Å². The number of aromatic amines is 1. The number of esters is 1. The standard InChI is InChI=1S/C29H27N5O6S/c1-16-11-19(27-30-28(36)24-20-9-10-33(3)13-22(20)41-29(24)31-27)12-17(2)26(16)39-15-23(35)38-14-21-25(32-40-34(21)37)18-7-5-4-6-8-18/h4-8,11-12H,9-10,13-15H2,1-3H3,(H,30,31,36). The lowest BCUT2D eigenvalue weighted by atomic mass is 10.0. The van der Waals surface area contributed by atoms with E-state index >= 15 is 0 Å². The van der Waals surface area contributed by atoms with Gasteiger partial charge < -0.3 is 24.6 Å². The number of likely N-dealkylation sites (N-methyl/N-ethyl adjacent to an activating group) is 1. The van der Waals surface area contributed by atoms with Crippen molar-refractivity contribution in [1.29, 1.82) is 0 Å². The van der Waals surface area contributed by atoms with Crippen molar-refractivity contribution in [2.45, 2.75) is 33.4 Å². The SMILES string of the molecule is Cc1cc(-c2nc3sc4c(c3c(=O)[nH]2)CCN(C)C4)cc(C)c1OCC(=O)OCc1c(-c2ccccc2)no[n+]1[O-]. The third-order valence-electron chi connectivity index (χ3n) is 7.09. The van der Waals surface area contributed by atoms with Crippen LogP contribution in [-0.4, -0.2) is 46.2 Å². The number of ether oxygens (including phenoxy) is 2. The van der Waals surface area contributed by atoms with Crippen molar-refractivity contribution >= 4 is 27.5 Å². The first kappa shape index (κ1) is 26.7. The summed E-state index contributed by atoms with van der Waals surface area (Å²) in [6, 6.07) is 12.7. The second kappa shape index (κ2) is 10.8. The van der Waals surface area contributed by atoms with Gasteiger partial charge in [0.05, 0.1) is 5.39 Å². The van der Waals surface area contributed by atoms with Gasteiger partial charge in [0, 0.05) is 34.3 Å². The summed E-state index contributed by atoms with van der Waals surface area (Å²) >= 11 is 1.57. The number of thiophene rings is 1. The first-order valence-corrected chi connectivity index (χ1v) is 13.9. The summed E-state index contributed by atoms with van der Waals surface area (Å²) in [7, 11) is 2.07. The Morgan fingerprint density at radius 1 is 1.20 bits per heavy atom. The van der Waals surface area contributed by atoms with Gasteiger partial charge in [-0.05, 0) is 61.0 Å². The van der Waals surface area contributed by atoms with E-state index in [9.17, 15) is 14.8 Å². The fourth-order valence-corrected chi connectivity index (χ4v) is 6.41. The Balaban J connectivity index is 1.16. The Hall–Kier alpha value is -4.55. The summed E-state index contributed by atoms with van der Waals surface area (Å²) in [5.74, 6) is 0.356. The number of hydrogen-bond acceptors (Lipinski definition) is 10. The summed E-state index contributed by atoms with van der Waals surface area (Å²) in [5.41, 5.74) is 4.31. The molecule has 12 heteroatoms. The van der Waals surface area contributed by atoms with Crippen LogP contribution in [0.4, 0.5) is 0 Å². The van der Waals surface area contributed by atoms with Gasteiger partial charge in [0.2, 0.25) is 5.69 Å². The summed E-state index contributed by atoms with van der Waals surface area (Å²) in [6.45, 7) is 4.78. The number of nitrogens with zero attached hydrogens (tertiary/aromatic N) is 4. The van der Waals surface area contributed by atoms with E-state index in [0.29, 0.717) is 28.2 Å². The molecule has 0 bridgehead atoms. The van der Waals surface area contributed by atoms with Crippen LogP contribution in [0.25, 0.3) is 32.9 Å². The van der Waals surface area contributed by atoms with Gasteiger partial charge in [0.15, 0.2) is 13.2 Å². The first-order valence-electron chi connectivity index (χ1n) is 13.1. The van der Waals surface area contributed by atoms with Crippen molar-refractivity contribution in [3.8, 4) is 28.4 Å². The van der Waals surface area contributed by atoms with E-state index in [2.05, 4.69) is 22.1 Å². The maximum atomic E-state index is 13.1. The third kappa shape index (κ3) is 5.19. The zero-order valence-electron chi connectivity index (χ0n) is 22.7. The van der Waals surface area contributed by atoms with Crippen molar-refractivity contribution in [3.05, 3.63) is 85.3 Å². The summed E-state index contributed by atoms with van der Waals surface area (Å²) in [4.78, 5) is 37.7. The van der Waals surface area contributed by atoms with Crippen molar-refractivity contribution in [2.75, 3.05) is 20.2 Å². The Bertz CT molecular complexity index is 1800. The number of aromatic nitrogens is 4. The molecule has 0 aliphatic carbocycles. The number of nitrogens with one attached hydrogen (secondary N) is 1. The molecule has 5 aromatic rings. The molecule has 0 atom stereocenters. The topological polar surface area (TPSA) is 137 Å². The number of carbonyl (C=O) groups excluding carboxylic acids is 1. The van der Waals surface area contributed by atoms with Gasteiger partial charge in [-0.25, -0.2) is 9.78 Å². The molecule has 3 aromatic heterocycles. The number of carbonyl (C=O) groups is 1. The van der Waals surface area contributed by atoms with Crippen LogP contribution in [0.15, 0.2) is 51.9 Å². The Kier molecular flexibility index (Phi) is 7.01. The number of H-pyrrole nitrogens is 1. The van der Waals surface area contributed by atoms with Gasteiger partial charge in [-0.15, -0.1) is 11.3 Å². The van der Waals surface area contributed by atoms with Gasteiger partial charge in [-0.2, -0.15) is 0 Å². The molecule has 0 saturated heterocycles. The molecule has 0 amide bonds. The van der Waals surface area contributed by atoms with Crippen molar-refractivity contribution < 1.29 is 23.8 Å². The van der Waals surface area contributed by atoms with E-state index in [1.54, 1.807) is 35.6 Å². The fraction of sp³-hybridized carbons (Fsp3) is 0.276. The predicted octanol–water partition coefficient (Wildman–Crippen LogP) is 3.67. The summed E-state index contributed by atoms with van der Waals surface area (Å²) < 4.78 is 15.8. The molecule has 0 unspecified atom stereocenters. The smallest absolute Gasteiger partial charge is 0.344 e. The maximum absolute atomic E-state index is 13.1. The zero-order valence-corrected chi connectivity index (χ0v) is 23.5. The van der Waals surface area contributed by atoms with E-state index in [4.69, 9.17) is 19.1 Å². The monoisotopic (exact) mass is 573 g/mol. The molecule has 6 rings (SSSR count). The molecular weight excluding hydrogens is 546 g/mol. The fourth-order valence-electron chi connectivity index (χ4n) is 5.10. The van der Waals surface area contributed by atoms with Crippen molar-refractivity contribution in [1.82, 2.24) is 20.0 Å². The molecule has 1 N–H and O–H groups in total. The molecular formula is C29H27N5O6S. The van der Waals surface area contributed by atoms with Crippen LogP contribution in [0, 0.1) is 19.1 Å². The highest BCUT2D eigenvalue weighted by atomic mass is 32.1. The minimum absolute atomic E-state index is 0.0818. The average molecular weight is 574 g/mol. The molecule has 41 heavy (non-hydrogen) atoms. The summed E-state index contributed by atoms with van der Waals surface area (Å²) in [6.07, 6.45) is 0.840. The average Bonchev–Trinajstić information content (AvgIpc) is 3.51. The molecule has 11 nitrogen and oxygen atoms in total. The van der Waals surface area contributed by atoms with Crippen molar-refractivity contribution in [2.24, 2.45) is 0 Å². The van der Waals surface area contributed by atoms with E-state index in [-0.39, 0.29) is 29.4 Å². The van der Waals surface area contributed by atoms with E-state index in [1.807, 2.05) is 32.0 Å². The van der Waals surface area contributed by atoms with Crippen molar-refractivity contribution in [3.63, 3.8) is 0 Å². The Morgan fingerprint density at radius 2 is 1.95 bits per heavy atom. The van der Waals surface area contributed by atoms with Crippen LogP contribution in [0.2, 0.25) is 0 Å². The number of aryl methyl sites for hydroxylation is 2. The number of benzene rings is 2. The van der Waals surface area contributed by atoms with Crippen LogP contribution < -0.4 is 15.2 Å². The molecule has 0 fully saturated rings. The molecule has 2 aromatic carbocycles. The van der Waals surface area contributed by atoms with Gasteiger partial charge in [0.25, 0.3) is 11.3 Å². The van der Waals surface area contributed by atoms with Gasteiger partial charge in [0.1, 0.15) is 16.4 Å². The van der Waals surface area contributed by atoms with Gasteiger partial charge in [-0.1, -0.05) is 30.3 Å². The highest BCUT2D eigenvalue weighted by molar-refractivity contribution is 7.18. The lowest BCUT2D eigenvalue weighted by Gasteiger charge is -2.21. The minimum atomic E-state index is -0.656. The lowest BCUT2D eigenvalue weighted by molar-refractivity contribution is -0.808. The largest absolute Gasteiger partial charge is 0.481 e. The number of rotatable bonds is 7. The quantitative estimate of drug-likeness (QED) is 0.228. The van der Waals surface area contributed by atoms with E-state index in [1.165, 1.54) is 4.88 Å². The Morgan fingerprint density at radius 3 is 2.71 bits per heavy atom. The molecule has 1 aliphatic rings. The predicted molar refractivity (Wildman–Crippen MR) is 151 cm³/mol. The van der Waals surface area contributed by atoms with Crippen LogP contribution in [0.3, 0.4) is 0 Å².